The molecule has 3 heterocycles. The lowest BCUT2D eigenvalue weighted by Gasteiger charge is -2.32. The number of hydrogen-bond donors (Lipinski definition) is 1. The Bertz CT molecular complexity index is 706. The summed E-state index contributed by atoms with van der Waals surface area (Å²) in [5.74, 6) is 4.32. The Morgan fingerprint density at radius 1 is 1.24 bits per heavy atom. The summed E-state index contributed by atoms with van der Waals surface area (Å²) < 4.78 is 7.37. The predicted molar refractivity (Wildman–Crippen MR) is 91.8 cm³/mol. The van der Waals surface area contributed by atoms with Gasteiger partial charge >= 0.3 is 0 Å². The number of nitrogens with one attached hydrogen (secondary N) is 1. The Morgan fingerprint density at radius 2 is 2.12 bits per heavy atom. The van der Waals surface area contributed by atoms with Gasteiger partial charge in [-0.15, -0.1) is 10.2 Å². The summed E-state index contributed by atoms with van der Waals surface area (Å²) >= 11 is 0. The lowest BCUT2D eigenvalue weighted by Crippen LogP contribution is -2.45. The van der Waals surface area contributed by atoms with Crippen LogP contribution in [0, 0.1) is 0 Å². The molecule has 1 N–H and O–H groups in total. The zero-order valence-electron chi connectivity index (χ0n) is 15.1. The van der Waals surface area contributed by atoms with Crippen LogP contribution in [0.3, 0.4) is 0 Å². The van der Waals surface area contributed by atoms with Gasteiger partial charge in [-0.2, -0.15) is 4.98 Å². The van der Waals surface area contributed by atoms with E-state index in [-0.39, 0.29) is 0 Å². The van der Waals surface area contributed by atoms with Gasteiger partial charge in [-0.25, -0.2) is 0 Å². The minimum absolute atomic E-state index is 0.465. The predicted octanol–water partition coefficient (Wildman–Crippen LogP) is 1.39. The van der Waals surface area contributed by atoms with Gasteiger partial charge < -0.3 is 14.4 Å². The molecule has 2 aliphatic rings. The molecule has 8 nitrogen and oxygen atoms in total. The fourth-order valence-electron chi connectivity index (χ4n) is 3.53. The third-order valence-electron chi connectivity index (χ3n) is 5.17. The van der Waals surface area contributed by atoms with Crippen molar-refractivity contribution in [3.63, 3.8) is 0 Å². The first-order valence-electron chi connectivity index (χ1n) is 9.38. The van der Waals surface area contributed by atoms with Crippen LogP contribution in [0.2, 0.25) is 0 Å². The molecule has 1 aliphatic carbocycles. The maximum atomic E-state index is 5.21. The third-order valence-corrected chi connectivity index (χ3v) is 5.17. The molecule has 0 aromatic carbocycles. The number of aryl methyl sites for hydroxylation is 1. The standard InChI is InChI=1S/C17H27N7O/c1-3-16-19-14(22-25-16)11-24-8-4-5-13(10-24)18-9-15-20-21-17(23(15)2)12-6-7-12/h12-13,18H,3-11H2,1-2H3/t13-/m0/s1. The Labute approximate surface area is 148 Å². The van der Waals surface area contributed by atoms with Crippen LogP contribution in [-0.4, -0.2) is 48.9 Å². The molecule has 1 atom stereocenters. The van der Waals surface area contributed by atoms with Gasteiger partial charge in [-0.1, -0.05) is 12.1 Å². The maximum Gasteiger partial charge on any atom is 0.226 e. The Hall–Kier alpha value is -1.80. The van der Waals surface area contributed by atoms with E-state index in [0.29, 0.717) is 12.0 Å². The number of hydrogen-bond acceptors (Lipinski definition) is 7. The first-order valence-corrected chi connectivity index (χ1v) is 9.38. The molecule has 1 saturated carbocycles. The molecular formula is C17H27N7O. The summed E-state index contributed by atoms with van der Waals surface area (Å²) in [5.41, 5.74) is 0. The minimum atomic E-state index is 0.465. The fourth-order valence-corrected chi connectivity index (χ4v) is 3.53. The van der Waals surface area contributed by atoms with Gasteiger partial charge in [-0.3, -0.25) is 4.90 Å². The first kappa shape index (κ1) is 16.7. The van der Waals surface area contributed by atoms with Crippen molar-refractivity contribution in [3.8, 4) is 0 Å². The van der Waals surface area contributed by atoms with Crippen LogP contribution >= 0.6 is 0 Å². The summed E-state index contributed by atoms with van der Waals surface area (Å²) in [6.07, 6.45) is 5.68. The highest BCUT2D eigenvalue weighted by atomic mass is 16.5. The van der Waals surface area contributed by atoms with Crippen LogP contribution in [0.1, 0.15) is 61.9 Å². The van der Waals surface area contributed by atoms with Gasteiger partial charge in [-0.05, 0) is 32.2 Å². The quantitative estimate of drug-likeness (QED) is 0.811. The minimum Gasteiger partial charge on any atom is -0.339 e. The average Bonchev–Trinajstić information content (AvgIpc) is 3.25. The van der Waals surface area contributed by atoms with Gasteiger partial charge in [0.25, 0.3) is 0 Å². The summed E-state index contributed by atoms with van der Waals surface area (Å²) in [6.45, 7) is 5.65. The maximum absolute atomic E-state index is 5.21. The number of piperidine rings is 1. The van der Waals surface area contributed by atoms with Crippen LogP contribution in [0.5, 0.6) is 0 Å². The van der Waals surface area contributed by atoms with Crippen molar-refractivity contribution in [2.75, 3.05) is 13.1 Å². The van der Waals surface area contributed by atoms with E-state index < -0.39 is 0 Å². The van der Waals surface area contributed by atoms with Crippen molar-refractivity contribution < 1.29 is 4.52 Å². The second-order valence-electron chi connectivity index (χ2n) is 7.22. The van der Waals surface area contributed by atoms with Crippen molar-refractivity contribution in [2.24, 2.45) is 7.05 Å². The molecular weight excluding hydrogens is 318 g/mol. The van der Waals surface area contributed by atoms with Gasteiger partial charge in [0.15, 0.2) is 5.82 Å². The SMILES string of the molecule is CCc1nc(CN2CCC[C@H](NCc3nnc(C4CC4)n3C)C2)no1. The van der Waals surface area contributed by atoms with Crippen molar-refractivity contribution in [2.45, 2.75) is 64.1 Å². The van der Waals surface area contributed by atoms with Crippen LogP contribution in [0.15, 0.2) is 4.52 Å². The zero-order valence-corrected chi connectivity index (χ0v) is 15.1. The summed E-state index contributed by atoms with van der Waals surface area (Å²) in [5, 5.41) is 16.4. The molecule has 1 aliphatic heterocycles. The largest absolute Gasteiger partial charge is 0.339 e. The molecule has 0 bridgehead atoms. The lowest BCUT2D eigenvalue weighted by atomic mass is 10.1. The number of likely N-dealkylation sites (tertiary alicyclic amines) is 1. The molecule has 4 rings (SSSR count). The van der Waals surface area contributed by atoms with E-state index in [1.807, 2.05) is 6.92 Å². The highest BCUT2D eigenvalue weighted by Crippen LogP contribution is 2.38. The van der Waals surface area contributed by atoms with E-state index in [1.165, 1.54) is 25.7 Å². The molecule has 2 aromatic heterocycles. The van der Waals surface area contributed by atoms with Crippen LogP contribution in [0.25, 0.3) is 0 Å². The lowest BCUT2D eigenvalue weighted by molar-refractivity contribution is 0.176. The van der Waals surface area contributed by atoms with E-state index >= 15 is 0 Å². The normalized spacial score (nSPS) is 21.8. The van der Waals surface area contributed by atoms with Crippen molar-refractivity contribution in [1.29, 1.82) is 0 Å². The molecule has 8 heteroatoms. The van der Waals surface area contributed by atoms with E-state index in [0.717, 1.165) is 56.0 Å². The molecule has 0 radical (unpaired) electrons. The first-order chi connectivity index (χ1) is 12.2. The number of nitrogens with zero attached hydrogens (tertiary/aromatic N) is 6. The summed E-state index contributed by atoms with van der Waals surface area (Å²) in [7, 11) is 2.08. The molecule has 25 heavy (non-hydrogen) atoms. The smallest absolute Gasteiger partial charge is 0.226 e. The highest BCUT2D eigenvalue weighted by Gasteiger charge is 2.29. The highest BCUT2D eigenvalue weighted by molar-refractivity contribution is 5.07. The Balaban J connectivity index is 1.29. The van der Waals surface area contributed by atoms with Gasteiger partial charge in [0.2, 0.25) is 5.89 Å². The number of rotatable bonds is 7. The molecule has 0 spiro atoms. The second-order valence-corrected chi connectivity index (χ2v) is 7.22. The molecule has 2 aromatic rings. The van der Waals surface area contributed by atoms with Crippen molar-refractivity contribution in [1.82, 2.24) is 35.1 Å². The van der Waals surface area contributed by atoms with E-state index in [9.17, 15) is 0 Å². The molecule has 0 unspecified atom stereocenters. The van der Waals surface area contributed by atoms with Gasteiger partial charge in [0.05, 0.1) is 13.1 Å². The summed E-state index contributed by atoms with van der Waals surface area (Å²) in [4.78, 5) is 6.82. The Morgan fingerprint density at radius 3 is 2.88 bits per heavy atom. The van der Waals surface area contributed by atoms with Crippen LogP contribution in [-0.2, 0) is 26.6 Å². The molecule has 1 saturated heterocycles. The third kappa shape index (κ3) is 3.90. The van der Waals surface area contributed by atoms with E-state index in [4.69, 9.17) is 4.52 Å². The zero-order chi connectivity index (χ0) is 17.2. The number of aromatic nitrogens is 5. The average molecular weight is 345 g/mol. The van der Waals surface area contributed by atoms with Crippen LogP contribution < -0.4 is 5.32 Å². The van der Waals surface area contributed by atoms with Gasteiger partial charge in [0, 0.05) is 32.0 Å². The van der Waals surface area contributed by atoms with Gasteiger partial charge in [0.1, 0.15) is 11.6 Å². The Kier molecular flexibility index (Phi) is 4.80. The molecule has 0 amide bonds. The van der Waals surface area contributed by atoms with Crippen molar-refractivity contribution in [3.05, 3.63) is 23.4 Å². The van der Waals surface area contributed by atoms with Crippen molar-refractivity contribution >= 4 is 0 Å². The fraction of sp³-hybridized carbons (Fsp3) is 0.765. The topological polar surface area (TPSA) is 84.9 Å². The molecule has 2 fully saturated rings. The summed E-state index contributed by atoms with van der Waals surface area (Å²) in [6, 6.07) is 0.465. The van der Waals surface area contributed by atoms with Crippen LogP contribution in [0.4, 0.5) is 0 Å². The molecule has 136 valence electrons. The monoisotopic (exact) mass is 345 g/mol. The second kappa shape index (κ2) is 7.21. The van der Waals surface area contributed by atoms with E-state index in [2.05, 4.69) is 42.2 Å². The van der Waals surface area contributed by atoms with E-state index in [1.54, 1.807) is 0 Å².